The minimum atomic E-state index is -0.611. The van der Waals surface area contributed by atoms with E-state index < -0.39 is 30.2 Å². The number of hydrogen-bond acceptors (Lipinski definition) is 8. The molecule has 1 aliphatic rings. The van der Waals surface area contributed by atoms with Crippen molar-refractivity contribution in [3.63, 3.8) is 0 Å². The zero-order chi connectivity index (χ0) is 23.0. The lowest BCUT2D eigenvalue weighted by Crippen LogP contribution is -2.41. The highest BCUT2D eigenvalue weighted by Gasteiger charge is 2.52. The van der Waals surface area contributed by atoms with Crippen LogP contribution in [0, 0.1) is 5.92 Å². The summed E-state index contributed by atoms with van der Waals surface area (Å²) >= 11 is 1.36. The van der Waals surface area contributed by atoms with Crippen LogP contribution in [0.5, 0.6) is 5.75 Å². The quantitative estimate of drug-likeness (QED) is 0.264. The molecule has 0 amide bonds. The fourth-order valence-electron chi connectivity index (χ4n) is 3.29. The molecule has 2 aromatic rings. The van der Waals surface area contributed by atoms with Crippen molar-refractivity contribution in [3.8, 4) is 5.75 Å². The van der Waals surface area contributed by atoms with E-state index in [1.807, 2.05) is 45.9 Å². The maximum atomic E-state index is 12.7. The molecule has 0 saturated carbocycles. The van der Waals surface area contributed by atoms with Crippen molar-refractivity contribution in [3.05, 3.63) is 23.1 Å². The molecule has 168 valence electrons. The number of fused-ring (bicyclic) bond motifs is 1. The number of rotatable bonds is 8. The number of carbonyl (C=O) groups is 2. The van der Waals surface area contributed by atoms with Crippen molar-refractivity contribution in [2.24, 2.45) is 5.92 Å². The first kappa shape index (κ1) is 23.7. The van der Waals surface area contributed by atoms with Crippen LogP contribution in [0.1, 0.15) is 50.7 Å². The maximum absolute atomic E-state index is 12.7. The molecule has 3 rings (SSSR count). The highest BCUT2D eigenvalue weighted by molar-refractivity contribution is 7.20. The van der Waals surface area contributed by atoms with E-state index in [4.69, 9.17) is 23.5 Å². The van der Waals surface area contributed by atoms with E-state index in [1.165, 1.54) is 18.4 Å². The van der Waals surface area contributed by atoms with Crippen LogP contribution >= 0.6 is 11.3 Å². The summed E-state index contributed by atoms with van der Waals surface area (Å²) < 4.78 is 28.9. The van der Waals surface area contributed by atoms with E-state index in [0.29, 0.717) is 10.6 Å². The number of methoxy groups -OCH3 is 2. The second kappa shape index (κ2) is 8.90. The molecule has 1 fully saturated rings. The largest absolute Gasteiger partial charge is 0.498 e. The summed E-state index contributed by atoms with van der Waals surface area (Å²) in [6.45, 7) is 9.72. The number of benzene rings is 1. The molecule has 1 atom stereocenters. The fraction of sp³-hybridized carbons (Fsp3) is 0.545. The standard InChI is InChI=1S/C22H29BO7S/c1-13(20(25)27-7)8-16(24)19-10-14-9-15(17(28-12-26-6)11-18(14)31-19)23-29-21(2,3)22(4,5)30-23/h9-11,13H,8,12H2,1-7H3. The van der Waals surface area contributed by atoms with Crippen molar-refractivity contribution >= 4 is 45.8 Å². The van der Waals surface area contributed by atoms with Crippen molar-refractivity contribution in [2.45, 2.75) is 52.2 Å². The molecule has 1 aromatic carbocycles. The van der Waals surface area contributed by atoms with E-state index in [1.54, 1.807) is 14.0 Å². The third kappa shape index (κ3) is 4.79. The molecule has 1 saturated heterocycles. The topological polar surface area (TPSA) is 80.3 Å². The molecule has 1 aromatic heterocycles. The minimum absolute atomic E-state index is 0.0752. The van der Waals surface area contributed by atoms with Crippen LogP contribution < -0.4 is 10.2 Å². The Morgan fingerprint density at radius 3 is 2.32 bits per heavy atom. The summed E-state index contributed by atoms with van der Waals surface area (Å²) in [6.07, 6.45) is 0.0939. The van der Waals surface area contributed by atoms with Gasteiger partial charge in [0.25, 0.3) is 0 Å². The van der Waals surface area contributed by atoms with E-state index in [2.05, 4.69) is 0 Å². The number of Topliss-reactive ketones (excluding diaryl/α,β-unsaturated/α-hetero) is 1. The number of esters is 1. The summed E-state index contributed by atoms with van der Waals surface area (Å²) in [6, 6.07) is 5.64. The molecule has 2 heterocycles. The van der Waals surface area contributed by atoms with Gasteiger partial charge < -0.3 is 23.5 Å². The second-order valence-corrected chi connectivity index (χ2v) is 9.81. The Kier molecular flexibility index (Phi) is 6.81. The molecular weight excluding hydrogens is 419 g/mol. The van der Waals surface area contributed by atoms with Gasteiger partial charge in [-0.1, -0.05) is 13.0 Å². The van der Waals surface area contributed by atoms with E-state index in [-0.39, 0.29) is 19.0 Å². The Labute approximate surface area is 187 Å². The number of thiophene rings is 1. The van der Waals surface area contributed by atoms with Crippen molar-refractivity contribution < 1.29 is 33.1 Å². The predicted molar refractivity (Wildman–Crippen MR) is 120 cm³/mol. The number of carbonyl (C=O) groups excluding carboxylic acids is 2. The average molecular weight is 448 g/mol. The van der Waals surface area contributed by atoms with E-state index in [9.17, 15) is 9.59 Å². The molecule has 0 radical (unpaired) electrons. The number of ether oxygens (including phenoxy) is 3. The van der Waals surface area contributed by atoms with Gasteiger partial charge in [0.15, 0.2) is 12.6 Å². The van der Waals surface area contributed by atoms with Gasteiger partial charge >= 0.3 is 13.1 Å². The molecule has 0 aliphatic carbocycles. The molecule has 31 heavy (non-hydrogen) atoms. The van der Waals surface area contributed by atoms with Crippen LogP contribution in [0.2, 0.25) is 0 Å². The summed E-state index contributed by atoms with van der Waals surface area (Å²) in [5.41, 5.74) is -0.251. The normalized spacial score (nSPS) is 18.2. The molecule has 1 aliphatic heterocycles. The van der Waals surface area contributed by atoms with Crippen molar-refractivity contribution in [1.29, 1.82) is 0 Å². The van der Waals surface area contributed by atoms with Gasteiger partial charge in [-0.25, -0.2) is 0 Å². The number of hydrogen-bond donors (Lipinski definition) is 0. The Morgan fingerprint density at radius 1 is 1.10 bits per heavy atom. The second-order valence-electron chi connectivity index (χ2n) is 8.73. The zero-order valence-electron chi connectivity index (χ0n) is 19.1. The lowest BCUT2D eigenvalue weighted by atomic mass is 9.78. The Morgan fingerprint density at radius 2 is 1.74 bits per heavy atom. The molecule has 0 bridgehead atoms. The fourth-order valence-corrected chi connectivity index (χ4v) is 4.31. The van der Waals surface area contributed by atoms with Gasteiger partial charge in [0.05, 0.1) is 29.1 Å². The summed E-state index contributed by atoms with van der Waals surface area (Å²) in [5.74, 6) is -0.413. The molecular formula is C22H29BO7S. The lowest BCUT2D eigenvalue weighted by molar-refractivity contribution is -0.144. The smallest absolute Gasteiger partial charge is 0.469 e. The third-order valence-electron chi connectivity index (χ3n) is 5.86. The van der Waals surface area contributed by atoms with Gasteiger partial charge in [-0.3, -0.25) is 9.59 Å². The first-order chi connectivity index (χ1) is 14.5. The molecule has 1 unspecified atom stereocenters. The van der Waals surface area contributed by atoms with Crippen LogP contribution in [-0.2, 0) is 23.6 Å². The summed E-state index contributed by atoms with van der Waals surface area (Å²) in [4.78, 5) is 25.0. The van der Waals surface area contributed by atoms with Gasteiger partial charge in [0.1, 0.15) is 5.75 Å². The highest BCUT2D eigenvalue weighted by Crippen LogP contribution is 2.38. The molecule has 9 heteroatoms. The Balaban J connectivity index is 1.95. The SMILES string of the molecule is COCOc1cc2sc(C(=O)CC(C)C(=O)OC)cc2cc1B1OC(C)(C)C(C)(C)O1. The Hall–Kier alpha value is -1.94. The first-order valence-electron chi connectivity index (χ1n) is 10.1. The van der Waals surface area contributed by atoms with Crippen LogP contribution in [0.4, 0.5) is 0 Å². The van der Waals surface area contributed by atoms with Crippen LogP contribution in [0.3, 0.4) is 0 Å². The molecule has 0 N–H and O–H groups in total. The predicted octanol–water partition coefficient (Wildman–Crippen LogP) is 3.57. The molecule has 7 nitrogen and oxygen atoms in total. The summed E-state index contributed by atoms with van der Waals surface area (Å²) in [7, 11) is 2.26. The Bertz CT molecular complexity index is 966. The first-order valence-corrected chi connectivity index (χ1v) is 11.0. The van der Waals surface area contributed by atoms with Crippen LogP contribution in [-0.4, -0.2) is 51.1 Å². The van der Waals surface area contributed by atoms with E-state index >= 15 is 0 Å². The van der Waals surface area contributed by atoms with Gasteiger partial charge in [-0.15, -0.1) is 11.3 Å². The lowest BCUT2D eigenvalue weighted by Gasteiger charge is -2.32. The van der Waals surface area contributed by atoms with Crippen molar-refractivity contribution in [1.82, 2.24) is 0 Å². The zero-order valence-corrected chi connectivity index (χ0v) is 19.9. The average Bonchev–Trinajstić information content (AvgIpc) is 3.21. The van der Waals surface area contributed by atoms with Crippen LogP contribution in [0.25, 0.3) is 10.1 Å². The molecule has 0 spiro atoms. The third-order valence-corrected chi connectivity index (χ3v) is 7.00. The monoisotopic (exact) mass is 448 g/mol. The van der Waals surface area contributed by atoms with Gasteiger partial charge in [0, 0.05) is 23.7 Å². The van der Waals surface area contributed by atoms with Crippen molar-refractivity contribution in [2.75, 3.05) is 21.0 Å². The van der Waals surface area contributed by atoms with Gasteiger partial charge in [-0.05, 0) is 45.2 Å². The summed E-state index contributed by atoms with van der Waals surface area (Å²) in [5, 5.41) is 0.883. The van der Waals surface area contributed by atoms with Crippen LogP contribution in [0.15, 0.2) is 18.2 Å². The minimum Gasteiger partial charge on any atom is -0.469 e. The van der Waals surface area contributed by atoms with Gasteiger partial charge in [0.2, 0.25) is 0 Å². The number of ketones is 1. The van der Waals surface area contributed by atoms with Gasteiger partial charge in [-0.2, -0.15) is 0 Å². The highest BCUT2D eigenvalue weighted by atomic mass is 32.1. The maximum Gasteiger partial charge on any atom is 0.498 e. The van der Waals surface area contributed by atoms with E-state index in [0.717, 1.165) is 15.5 Å².